The van der Waals surface area contributed by atoms with Crippen molar-refractivity contribution in [3.63, 3.8) is 0 Å². The van der Waals surface area contributed by atoms with Crippen LogP contribution in [0.4, 0.5) is 0 Å². The summed E-state index contributed by atoms with van der Waals surface area (Å²) in [5.41, 5.74) is 0. The molecule has 1 amide bonds. The highest BCUT2D eigenvalue weighted by Gasteiger charge is 2.32. The molecule has 5 heteroatoms. The Kier molecular flexibility index (Phi) is 3.92. The van der Waals surface area contributed by atoms with E-state index in [1.54, 1.807) is 6.92 Å². The predicted molar refractivity (Wildman–Crippen MR) is 56.3 cm³/mol. The van der Waals surface area contributed by atoms with Crippen molar-refractivity contribution in [3.05, 3.63) is 0 Å². The van der Waals surface area contributed by atoms with Gasteiger partial charge in [0.15, 0.2) is 5.79 Å². The average Bonchev–Trinajstić information content (AvgIpc) is 2.41. The van der Waals surface area contributed by atoms with Crippen molar-refractivity contribution in [2.75, 3.05) is 13.2 Å². The maximum absolute atomic E-state index is 11.2. The monoisotopic (exact) mass is 265 g/mol. The molecule has 2 unspecified atom stereocenters. The van der Waals surface area contributed by atoms with Crippen LogP contribution in [-0.4, -0.2) is 35.8 Å². The molecule has 4 nitrogen and oxygen atoms in total. The lowest BCUT2D eigenvalue weighted by Crippen LogP contribution is -2.37. The van der Waals surface area contributed by atoms with Crippen molar-refractivity contribution in [2.24, 2.45) is 0 Å². The van der Waals surface area contributed by atoms with Gasteiger partial charge in [0.1, 0.15) is 6.10 Å². The molecule has 0 aromatic carbocycles. The first kappa shape index (κ1) is 11.9. The van der Waals surface area contributed by atoms with E-state index in [0.717, 1.165) is 0 Å². The van der Waals surface area contributed by atoms with Crippen molar-refractivity contribution in [2.45, 2.75) is 37.5 Å². The molecule has 0 aromatic rings. The zero-order valence-corrected chi connectivity index (χ0v) is 10.3. The highest BCUT2D eigenvalue weighted by molar-refractivity contribution is 9.10. The third kappa shape index (κ3) is 3.55. The Bertz CT molecular complexity index is 218. The second-order valence-corrected chi connectivity index (χ2v) is 5.19. The zero-order chi connectivity index (χ0) is 10.8. The van der Waals surface area contributed by atoms with Crippen LogP contribution in [0.2, 0.25) is 0 Å². The SMILES string of the molecule is CC(Br)C(=O)NCC1COC(C)(C)O1. The molecular formula is C9H16BrNO3. The number of carbonyl (C=O) groups excluding carboxylic acids is 1. The van der Waals surface area contributed by atoms with Crippen LogP contribution in [0.15, 0.2) is 0 Å². The first-order valence-corrected chi connectivity index (χ1v) is 5.56. The summed E-state index contributed by atoms with van der Waals surface area (Å²) >= 11 is 3.19. The van der Waals surface area contributed by atoms with Gasteiger partial charge in [0, 0.05) is 6.54 Å². The van der Waals surface area contributed by atoms with Crippen LogP contribution in [0, 0.1) is 0 Å². The molecule has 82 valence electrons. The first-order valence-electron chi connectivity index (χ1n) is 4.64. The van der Waals surface area contributed by atoms with Crippen molar-refractivity contribution < 1.29 is 14.3 Å². The maximum atomic E-state index is 11.2. The number of alkyl halides is 1. The molecule has 0 radical (unpaired) electrons. The highest BCUT2D eigenvalue weighted by Crippen LogP contribution is 2.21. The van der Waals surface area contributed by atoms with E-state index < -0.39 is 5.79 Å². The number of hydrogen-bond acceptors (Lipinski definition) is 3. The van der Waals surface area contributed by atoms with E-state index in [1.807, 2.05) is 13.8 Å². The number of halogens is 1. The minimum Gasteiger partial charge on any atom is -0.352 e. The van der Waals surface area contributed by atoms with E-state index in [-0.39, 0.29) is 16.8 Å². The number of hydrogen-bond donors (Lipinski definition) is 1. The lowest BCUT2D eigenvalue weighted by molar-refractivity contribution is -0.139. The minimum absolute atomic E-state index is 0.0293. The van der Waals surface area contributed by atoms with Crippen molar-refractivity contribution in [1.82, 2.24) is 5.32 Å². The van der Waals surface area contributed by atoms with Crippen LogP contribution in [0.1, 0.15) is 20.8 Å². The van der Waals surface area contributed by atoms with Crippen LogP contribution in [-0.2, 0) is 14.3 Å². The highest BCUT2D eigenvalue weighted by atomic mass is 79.9. The molecule has 1 fully saturated rings. The van der Waals surface area contributed by atoms with Gasteiger partial charge in [-0.1, -0.05) is 15.9 Å². The normalized spacial score (nSPS) is 27.3. The molecule has 14 heavy (non-hydrogen) atoms. The molecule has 1 N–H and O–H groups in total. The van der Waals surface area contributed by atoms with Gasteiger partial charge in [-0.2, -0.15) is 0 Å². The molecule has 1 saturated heterocycles. The topological polar surface area (TPSA) is 47.6 Å². The Morgan fingerprint density at radius 1 is 1.71 bits per heavy atom. The second-order valence-electron chi connectivity index (χ2n) is 3.81. The molecule has 2 atom stereocenters. The number of amides is 1. The summed E-state index contributed by atoms with van der Waals surface area (Å²) in [5.74, 6) is -0.548. The summed E-state index contributed by atoms with van der Waals surface area (Å²) in [7, 11) is 0. The van der Waals surface area contributed by atoms with Gasteiger partial charge in [-0.3, -0.25) is 4.79 Å². The van der Waals surface area contributed by atoms with Gasteiger partial charge < -0.3 is 14.8 Å². The molecule has 1 aliphatic heterocycles. The standard InChI is InChI=1S/C9H16BrNO3/c1-6(10)8(12)11-4-7-5-13-9(2,3)14-7/h6-7H,4-5H2,1-3H3,(H,11,12). The van der Waals surface area contributed by atoms with Gasteiger partial charge in [0.2, 0.25) is 5.91 Å². The smallest absolute Gasteiger partial charge is 0.233 e. The third-order valence-corrected chi connectivity index (χ3v) is 2.35. The fourth-order valence-electron chi connectivity index (χ4n) is 1.22. The van der Waals surface area contributed by atoms with Crippen molar-refractivity contribution in [3.8, 4) is 0 Å². The number of nitrogens with one attached hydrogen (secondary N) is 1. The molecule has 0 saturated carbocycles. The Morgan fingerprint density at radius 3 is 2.79 bits per heavy atom. The van der Waals surface area contributed by atoms with Crippen LogP contribution in [0.5, 0.6) is 0 Å². The summed E-state index contributed by atoms with van der Waals surface area (Å²) in [6, 6.07) is 0. The lowest BCUT2D eigenvalue weighted by Gasteiger charge is -2.17. The molecule has 1 rings (SSSR count). The Hall–Kier alpha value is -0.130. The van der Waals surface area contributed by atoms with Crippen molar-refractivity contribution >= 4 is 21.8 Å². The molecular weight excluding hydrogens is 250 g/mol. The van der Waals surface area contributed by atoms with Gasteiger partial charge in [-0.05, 0) is 20.8 Å². The van der Waals surface area contributed by atoms with E-state index >= 15 is 0 Å². The lowest BCUT2D eigenvalue weighted by atomic mass is 10.3. The first-order chi connectivity index (χ1) is 6.41. The van der Waals surface area contributed by atoms with Gasteiger partial charge in [-0.25, -0.2) is 0 Å². The second kappa shape index (κ2) is 4.59. The molecule has 0 aliphatic carbocycles. The van der Waals surface area contributed by atoms with Crippen LogP contribution in [0.25, 0.3) is 0 Å². The summed E-state index contributed by atoms with van der Waals surface area (Å²) in [5, 5.41) is 2.77. The quantitative estimate of drug-likeness (QED) is 0.776. The largest absolute Gasteiger partial charge is 0.352 e. The van der Waals surface area contributed by atoms with Crippen LogP contribution < -0.4 is 5.32 Å². The number of rotatable bonds is 3. The number of carbonyl (C=O) groups is 1. The summed E-state index contributed by atoms with van der Waals surface area (Å²) < 4.78 is 10.9. The number of ether oxygens (including phenoxy) is 2. The predicted octanol–water partition coefficient (Wildman–Crippen LogP) is 1.04. The molecule has 0 spiro atoms. The molecule has 0 bridgehead atoms. The van der Waals surface area contributed by atoms with Gasteiger partial charge in [-0.15, -0.1) is 0 Å². The fourth-order valence-corrected chi connectivity index (χ4v) is 1.38. The van der Waals surface area contributed by atoms with Crippen LogP contribution in [0.3, 0.4) is 0 Å². The molecule has 1 heterocycles. The summed E-state index contributed by atoms with van der Waals surface area (Å²) in [6.45, 7) is 6.54. The summed E-state index contributed by atoms with van der Waals surface area (Å²) in [4.78, 5) is 11.0. The van der Waals surface area contributed by atoms with E-state index in [2.05, 4.69) is 21.2 Å². The molecule has 0 aromatic heterocycles. The minimum atomic E-state index is -0.518. The average molecular weight is 266 g/mol. The van der Waals surface area contributed by atoms with E-state index in [0.29, 0.717) is 13.2 Å². The van der Waals surface area contributed by atoms with E-state index in [4.69, 9.17) is 9.47 Å². The fraction of sp³-hybridized carbons (Fsp3) is 0.889. The Balaban J connectivity index is 2.24. The maximum Gasteiger partial charge on any atom is 0.233 e. The van der Waals surface area contributed by atoms with Crippen LogP contribution >= 0.6 is 15.9 Å². The van der Waals surface area contributed by atoms with Crippen molar-refractivity contribution in [1.29, 1.82) is 0 Å². The van der Waals surface area contributed by atoms with Gasteiger partial charge in [0.25, 0.3) is 0 Å². The van der Waals surface area contributed by atoms with E-state index in [1.165, 1.54) is 0 Å². The van der Waals surface area contributed by atoms with E-state index in [9.17, 15) is 4.79 Å². The Labute approximate surface area is 92.5 Å². The summed E-state index contributed by atoms with van der Waals surface area (Å²) in [6.07, 6.45) is -0.0415. The zero-order valence-electron chi connectivity index (χ0n) is 8.67. The molecule has 1 aliphatic rings. The van der Waals surface area contributed by atoms with Gasteiger partial charge >= 0.3 is 0 Å². The van der Waals surface area contributed by atoms with Gasteiger partial charge in [0.05, 0.1) is 11.4 Å². The Morgan fingerprint density at radius 2 is 2.36 bits per heavy atom. The third-order valence-electron chi connectivity index (χ3n) is 1.93.